The molecule has 8 nitrogen and oxygen atoms in total. The molecule has 1 amide bonds. The minimum atomic E-state index is -1.08. The van der Waals surface area contributed by atoms with Crippen molar-refractivity contribution in [2.45, 2.75) is 24.4 Å². The van der Waals surface area contributed by atoms with Gasteiger partial charge in [0, 0.05) is 17.1 Å². The zero-order valence-corrected chi connectivity index (χ0v) is 14.1. The first-order valence-electron chi connectivity index (χ1n) is 7.80. The minimum absolute atomic E-state index is 0.0579. The van der Waals surface area contributed by atoms with Gasteiger partial charge >= 0.3 is 6.09 Å². The van der Waals surface area contributed by atoms with E-state index in [2.05, 4.69) is 20.1 Å². The number of carbonyl (C=O) groups is 1. The molecule has 1 aliphatic heterocycles. The molecule has 26 heavy (non-hydrogen) atoms. The van der Waals surface area contributed by atoms with Crippen molar-refractivity contribution in [3.8, 4) is 6.07 Å². The van der Waals surface area contributed by atoms with Crippen LogP contribution < -0.4 is 10.2 Å². The lowest BCUT2D eigenvalue weighted by Gasteiger charge is -2.16. The van der Waals surface area contributed by atoms with Gasteiger partial charge in [-0.25, -0.2) is 13.6 Å². The van der Waals surface area contributed by atoms with Crippen LogP contribution in [-0.4, -0.2) is 40.1 Å². The molecule has 2 aromatic rings. The fourth-order valence-electron chi connectivity index (χ4n) is 2.96. The number of benzene rings is 1. The summed E-state index contributed by atoms with van der Waals surface area (Å²) in [7, 11) is 0. The van der Waals surface area contributed by atoms with Crippen molar-refractivity contribution in [3.63, 3.8) is 0 Å². The van der Waals surface area contributed by atoms with E-state index in [-0.39, 0.29) is 24.3 Å². The Morgan fingerprint density at radius 1 is 1.42 bits per heavy atom. The van der Waals surface area contributed by atoms with E-state index < -0.39 is 29.2 Å². The summed E-state index contributed by atoms with van der Waals surface area (Å²) >= 11 is 1.06. The van der Waals surface area contributed by atoms with Crippen LogP contribution in [-0.2, 0) is 10.2 Å². The van der Waals surface area contributed by atoms with Gasteiger partial charge < -0.3 is 10.1 Å². The van der Waals surface area contributed by atoms with Gasteiger partial charge in [-0.15, -0.1) is 0 Å². The van der Waals surface area contributed by atoms with Crippen molar-refractivity contribution in [2.24, 2.45) is 0 Å². The summed E-state index contributed by atoms with van der Waals surface area (Å²) in [5.41, 5.74) is -1.25. The van der Waals surface area contributed by atoms with Gasteiger partial charge in [0.2, 0.25) is 5.13 Å². The highest BCUT2D eigenvalue weighted by Crippen LogP contribution is 2.50. The first-order chi connectivity index (χ1) is 12.5. The van der Waals surface area contributed by atoms with E-state index in [0.717, 1.165) is 28.6 Å². The van der Waals surface area contributed by atoms with Crippen molar-refractivity contribution in [1.29, 1.82) is 5.26 Å². The van der Waals surface area contributed by atoms with Crippen molar-refractivity contribution >= 4 is 28.4 Å². The first kappa shape index (κ1) is 16.6. The first-order valence-corrected chi connectivity index (χ1v) is 8.57. The molecule has 2 heterocycles. The van der Waals surface area contributed by atoms with Gasteiger partial charge in [0.1, 0.15) is 17.7 Å². The Labute approximate surface area is 150 Å². The molecule has 134 valence electrons. The van der Waals surface area contributed by atoms with Crippen LogP contribution in [0.2, 0.25) is 0 Å². The van der Waals surface area contributed by atoms with Crippen LogP contribution in [0.5, 0.6) is 0 Å². The van der Waals surface area contributed by atoms with E-state index in [1.165, 1.54) is 0 Å². The highest BCUT2D eigenvalue weighted by Gasteiger charge is 2.49. The predicted molar refractivity (Wildman–Crippen MR) is 86.7 cm³/mol. The van der Waals surface area contributed by atoms with Gasteiger partial charge in [-0.05, 0) is 30.2 Å². The smallest absolute Gasteiger partial charge is 0.414 e. The highest BCUT2D eigenvalue weighted by atomic mass is 32.1. The van der Waals surface area contributed by atoms with Gasteiger partial charge in [0.25, 0.3) is 0 Å². The molecule has 1 atom stereocenters. The van der Waals surface area contributed by atoms with Gasteiger partial charge in [-0.3, -0.25) is 4.90 Å². The number of aromatic nitrogens is 3. The number of nitrogens with zero attached hydrogens (tertiary/aromatic N) is 5. The van der Waals surface area contributed by atoms with Crippen LogP contribution in [0.25, 0.3) is 0 Å². The number of carbonyl (C=O) groups excluding carboxylic acids is 1. The SMILES string of the molecule is N#CC1(c2c(F)cc(N3C[C@H](CNc4nnns4)OC3=O)cc2F)CC1. The van der Waals surface area contributed by atoms with Crippen molar-refractivity contribution in [3.05, 3.63) is 29.3 Å². The lowest BCUT2D eigenvalue weighted by atomic mass is 9.96. The zero-order chi connectivity index (χ0) is 18.3. The van der Waals surface area contributed by atoms with Crippen LogP contribution >= 0.6 is 11.5 Å². The summed E-state index contributed by atoms with van der Waals surface area (Å²) in [5.74, 6) is -1.65. The molecular formula is C15H12F2N6O2S. The largest absolute Gasteiger partial charge is 0.442 e. The monoisotopic (exact) mass is 378 g/mol. The Balaban J connectivity index is 1.51. The maximum absolute atomic E-state index is 14.4. The Morgan fingerprint density at radius 2 is 2.15 bits per heavy atom. The number of ether oxygens (including phenoxy) is 1. The molecule has 0 spiro atoms. The topological polar surface area (TPSA) is 104 Å². The van der Waals surface area contributed by atoms with Gasteiger partial charge in [0.15, 0.2) is 0 Å². The number of nitriles is 1. The summed E-state index contributed by atoms with van der Waals surface area (Å²) in [4.78, 5) is 13.2. The number of cyclic esters (lactones) is 1. The molecule has 2 fully saturated rings. The average Bonchev–Trinajstić information content (AvgIpc) is 3.03. The highest BCUT2D eigenvalue weighted by molar-refractivity contribution is 7.09. The summed E-state index contributed by atoms with van der Waals surface area (Å²) in [6.07, 6.45) is -0.362. The summed E-state index contributed by atoms with van der Waals surface area (Å²) in [6, 6.07) is 4.12. The third-order valence-electron chi connectivity index (χ3n) is 4.44. The zero-order valence-electron chi connectivity index (χ0n) is 13.3. The van der Waals surface area contributed by atoms with E-state index in [4.69, 9.17) is 10.00 Å². The van der Waals surface area contributed by atoms with Crippen LogP contribution in [0.1, 0.15) is 18.4 Å². The molecule has 0 unspecified atom stereocenters. The Hall–Kier alpha value is -2.87. The summed E-state index contributed by atoms with van der Waals surface area (Å²) < 4.78 is 37.7. The molecule has 1 aliphatic carbocycles. The number of nitrogens with one attached hydrogen (secondary N) is 1. The molecule has 1 saturated heterocycles. The van der Waals surface area contributed by atoms with Crippen molar-refractivity contribution in [2.75, 3.05) is 23.3 Å². The summed E-state index contributed by atoms with van der Waals surface area (Å²) in [6.45, 7) is 0.388. The second kappa shape index (κ2) is 6.14. The van der Waals surface area contributed by atoms with Crippen LogP contribution in [0.15, 0.2) is 12.1 Å². The third-order valence-corrected chi connectivity index (χ3v) is 4.99. The van der Waals surface area contributed by atoms with Crippen LogP contribution in [0, 0.1) is 23.0 Å². The van der Waals surface area contributed by atoms with Crippen molar-refractivity contribution in [1.82, 2.24) is 14.8 Å². The van der Waals surface area contributed by atoms with E-state index >= 15 is 0 Å². The van der Waals surface area contributed by atoms with E-state index in [1.54, 1.807) is 0 Å². The quantitative estimate of drug-likeness (QED) is 0.850. The molecule has 11 heteroatoms. The number of hydrogen-bond donors (Lipinski definition) is 1. The molecular weight excluding hydrogens is 366 g/mol. The van der Waals surface area contributed by atoms with Crippen LogP contribution in [0.3, 0.4) is 0 Å². The molecule has 0 radical (unpaired) electrons. The fraction of sp³-hybridized carbons (Fsp3) is 0.400. The number of amides is 1. The van der Waals surface area contributed by atoms with Crippen LogP contribution in [0.4, 0.5) is 24.4 Å². The normalized spacial score (nSPS) is 20.6. The maximum atomic E-state index is 14.4. The van der Waals surface area contributed by atoms with Crippen molar-refractivity contribution < 1.29 is 18.3 Å². The van der Waals surface area contributed by atoms with E-state index in [1.807, 2.05) is 6.07 Å². The van der Waals surface area contributed by atoms with E-state index in [0.29, 0.717) is 18.0 Å². The number of rotatable bonds is 5. The maximum Gasteiger partial charge on any atom is 0.414 e. The molecule has 1 saturated carbocycles. The van der Waals surface area contributed by atoms with Gasteiger partial charge in [0.05, 0.1) is 30.3 Å². The third kappa shape index (κ3) is 2.82. The Kier molecular flexibility index (Phi) is 3.91. The molecule has 2 aliphatic rings. The molecule has 4 rings (SSSR count). The standard InChI is InChI=1S/C15H12F2N6O2S/c16-10-3-8(4-11(17)12(10)15(7-18)1-2-15)23-6-9(25-14(23)24)5-19-13-20-21-22-26-13/h3-4,9H,1-2,5-6H2,(H,19,20,22)/t9-/m0/s1. The predicted octanol–water partition coefficient (Wildman–Crippen LogP) is 2.20. The average molecular weight is 378 g/mol. The van der Waals surface area contributed by atoms with E-state index in [9.17, 15) is 13.6 Å². The Bertz CT molecular complexity index is 873. The van der Waals surface area contributed by atoms with Gasteiger partial charge in [-0.2, -0.15) is 5.26 Å². The molecule has 1 N–H and O–H groups in total. The summed E-state index contributed by atoms with van der Waals surface area (Å²) in [5, 5.41) is 19.7. The number of hydrogen-bond acceptors (Lipinski definition) is 8. The molecule has 0 bridgehead atoms. The second-order valence-electron chi connectivity index (χ2n) is 6.14. The Morgan fingerprint density at radius 3 is 2.73 bits per heavy atom. The molecule has 1 aromatic carbocycles. The molecule has 1 aromatic heterocycles. The number of anilines is 2. The lowest BCUT2D eigenvalue weighted by molar-refractivity contribution is 0.147. The fourth-order valence-corrected chi connectivity index (χ4v) is 3.33. The number of halogens is 2. The van der Waals surface area contributed by atoms with Gasteiger partial charge in [-0.1, -0.05) is 9.59 Å². The minimum Gasteiger partial charge on any atom is -0.442 e. The lowest BCUT2D eigenvalue weighted by Crippen LogP contribution is -2.27. The second-order valence-corrected chi connectivity index (χ2v) is 6.88.